The molecule has 0 aliphatic rings. The first kappa shape index (κ1) is 41.9. The number of nitrogens with zero attached hydrogens (tertiary/aromatic N) is 4. The first-order chi connectivity index (χ1) is 38.1. The highest BCUT2D eigenvalue weighted by Crippen LogP contribution is 2.44. The van der Waals surface area contributed by atoms with Crippen LogP contribution in [-0.2, 0) is 0 Å². The summed E-state index contributed by atoms with van der Waals surface area (Å²) in [5.74, 6) is 1.46. The van der Waals surface area contributed by atoms with E-state index in [2.05, 4.69) is 162 Å². The van der Waals surface area contributed by atoms with Crippen molar-refractivity contribution in [1.82, 2.24) is 19.5 Å². The second kappa shape index (κ2) is 16.0. The van der Waals surface area contributed by atoms with Gasteiger partial charge >= 0.3 is 0 Å². The molecule has 6 heterocycles. The standard InChI is InChI=1S/C69H38N4O4/c1-5-25-58-47(15-1)51-32-29-42(37-62(51)74-58)67-70-68(43-30-33-52-48-16-2-6-26-59(48)75-63(52)38-43)72-69(71-67)73-57-34-31-41(46-21-12-24-55-50-18-4-8-28-61(50)77-66(46)55)36-56(57)53-22-10-19-44(64(53)73)39-13-9-14-40(35-39)45-20-11-23-54-49-17-3-7-27-60(49)76-65(45)54/h1-38H. The Balaban J connectivity index is 0.931. The molecule has 0 amide bonds. The third kappa shape index (κ3) is 6.30. The van der Waals surface area contributed by atoms with Crippen molar-refractivity contribution in [2.45, 2.75) is 0 Å². The predicted octanol–water partition coefficient (Wildman–Crippen LogP) is 18.9. The summed E-state index contributed by atoms with van der Waals surface area (Å²) in [5.41, 5.74) is 16.2. The molecule has 11 aromatic carbocycles. The van der Waals surface area contributed by atoms with Crippen molar-refractivity contribution in [2.24, 2.45) is 0 Å². The minimum atomic E-state index is 0.460. The zero-order chi connectivity index (χ0) is 50.3. The molecular weight excluding hydrogens is 949 g/mol. The smallest absolute Gasteiger partial charge is 0.238 e. The van der Waals surface area contributed by atoms with Crippen LogP contribution in [0.5, 0.6) is 0 Å². The van der Waals surface area contributed by atoms with Crippen LogP contribution < -0.4 is 0 Å². The molecule has 0 spiro atoms. The minimum Gasteiger partial charge on any atom is -0.456 e. The van der Waals surface area contributed by atoms with Gasteiger partial charge in [0.15, 0.2) is 11.6 Å². The SMILES string of the molecule is c1cc(-c2cccc3c2oc2ccccc23)cc(-c2cccc3c4cc(-c5cccc6c5oc5ccccc56)ccc4n(-c4nc(-c5ccc6c(c5)oc5ccccc56)nc(-c5ccc6c(c5)oc5ccccc56)n4)c23)c1. The molecule has 77 heavy (non-hydrogen) atoms. The Morgan fingerprint density at radius 3 is 1.23 bits per heavy atom. The zero-order valence-electron chi connectivity index (χ0n) is 40.9. The third-order valence-corrected chi connectivity index (χ3v) is 15.5. The summed E-state index contributed by atoms with van der Waals surface area (Å²) in [7, 11) is 0. The van der Waals surface area contributed by atoms with Gasteiger partial charge in [-0.3, -0.25) is 4.57 Å². The van der Waals surface area contributed by atoms with E-state index in [1.807, 2.05) is 72.8 Å². The summed E-state index contributed by atoms with van der Waals surface area (Å²) in [4.78, 5) is 16.3. The lowest BCUT2D eigenvalue weighted by molar-refractivity contribution is 0.668. The summed E-state index contributed by atoms with van der Waals surface area (Å²) < 4.78 is 28.4. The Morgan fingerprint density at radius 1 is 0.260 bits per heavy atom. The predicted molar refractivity (Wildman–Crippen MR) is 310 cm³/mol. The lowest BCUT2D eigenvalue weighted by atomic mass is 9.96. The summed E-state index contributed by atoms with van der Waals surface area (Å²) in [6, 6.07) is 79.9. The maximum absolute atomic E-state index is 6.63. The zero-order valence-corrected chi connectivity index (χ0v) is 40.9. The van der Waals surface area contributed by atoms with Gasteiger partial charge in [0.2, 0.25) is 5.95 Å². The molecule has 0 atom stereocenters. The molecule has 0 unspecified atom stereocenters. The maximum atomic E-state index is 6.63. The first-order valence-electron chi connectivity index (χ1n) is 25.7. The van der Waals surface area contributed by atoms with E-state index >= 15 is 0 Å². The minimum absolute atomic E-state index is 0.460. The van der Waals surface area contributed by atoms with E-state index in [1.54, 1.807) is 0 Å². The Morgan fingerprint density at radius 2 is 0.675 bits per heavy atom. The quantitative estimate of drug-likeness (QED) is 0.164. The lowest BCUT2D eigenvalue weighted by Crippen LogP contribution is -2.07. The fourth-order valence-corrected chi connectivity index (χ4v) is 11.9. The van der Waals surface area contributed by atoms with Crippen LogP contribution in [0.4, 0.5) is 0 Å². The van der Waals surface area contributed by atoms with E-state index in [1.165, 1.54) is 0 Å². The maximum Gasteiger partial charge on any atom is 0.238 e. The molecule has 0 N–H and O–H groups in total. The molecule has 0 fully saturated rings. The number of fused-ring (bicyclic) bond motifs is 15. The number of rotatable bonds is 6. The molecule has 0 radical (unpaired) electrons. The average Bonchev–Trinajstić information content (AvgIpc) is 4.44. The normalized spacial score (nSPS) is 12.2. The number of benzene rings is 11. The van der Waals surface area contributed by atoms with E-state index in [0.717, 1.165) is 154 Å². The van der Waals surface area contributed by atoms with Crippen molar-refractivity contribution in [1.29, 1.82) is 0 Å². The fraction of sp³-hybridized carbons (Fsp3) is 0. The molecule has 0 bridgehead atoms. The van der Waals surface area contributed by atoms with Crippen LogP contribution in [0.3, 0.4) is 0 Å². The molecule has 17 rings (SSSR count). The highest BCUT2D eigenvalue weighted by Gasteiger charge is 2.24. The van der Waals surface area contributed by atoms with E-state index in [4.69, 9.17) is 32.6 Å². The van der Waals surface area contributed by atoms with Crippen molar-refractivity contribution >= 4 is 110 Å². The monoisotopic (exact) mass is 986 g/mol. The molecule has 8 nitrogen and oxygen atoms in total. The van der Waals surface area contributed by atoms with E-state index in [0.29, 0.717) is 17.6 Å². The van der Waals surface area contributed by atoms with Crippen LogP contribution >= 0.6 is 0 Å². The summed E-state index contributed by atoms with van der Waals surface area (Å²) in [6.45, 7) is 0. The second-order valence-electron chi connectivity index (χ2n) is 19.8. The highest BCUT2D eigenvalue weighted by molar-refractivity contribution is 6.17. The largest absolute Gasteiger partial charge is 0.456 e. The Kier molecular flexibility index (Phi) is 8.68. The van der Waals surface area contributed by atoms with Crippen LogP contribution in [0.25, 0.3) is 172 Å². The number of aromatic nitrogens is 4. The number of furan rings is 4. The Bertz CT molecular complexity index is 5190. The van der Waals surface area contributed by atoms with Crippen LogP contribution in [0.15, 0.2) is 248 Å². The van der Waals surface area contributed by atoms with Crippen LogP contribution in [0.2, 0.25) is 0 Å². The van der Waals surface area contributed by atoms with Gasteiger partial charge in [0.25, 0.3) is 0 Å². The van der Waals surface area contributed by atoms with Crippen LogP contribution in [0, 0.1) is 0 Å². The van der Waals surface area contributed by atoms with E-state index < -0.39 is 0 Å². The van der Waals surface area contributed by atoms with Gasteiger partial charge in [0.05, 0.1) is 11.0 Å². The van der Waals surface area contributed by atoms with Gasteiger partial charge in [-0.25, -0.2) is 4.98 Å². The van der Waals surface area contributed by atoms with Gasteiger partial charge in [0.1, 0.15) is 44.7 Å². The molecule has 0 saturated heterocycles. The molecule has 6 aromatic heterocycles. The molecular formula is C69H38N4O4. The van der Waals surface area contributed by atoms with Crippen molar-refractivity contribution < 1.29 is 17.7 Å². The molecule has 8 heteroatoms. The first-order valence-corrected chi connectivity index (χ1v) is 25.7. The van der Waals surface area contributed by atoms with Crippen molar-refractivity contribution in [3.8, 4) is 62.1 Å². The lowest BCUT2D eigenvalue weighted by Gasteiger charge is -2.14. The number of para-hydroxylation sites is 7. The van der Waals surface area contributed by atoms with Gasteiger partial charge in [-0.15, -0.1) is 0 Å². The topological polar surface area (TPSA) is 96.2 Å². The molecule has 358 valence electrons. The third-order valence-electron chi connectivity index (χ3n) is 15.5. The second-order valence-corrected chi connectivity index (χ2v) is 19.8. The molecule has 17 aromatic rings. The van der Waals surface area contributed by atoms with Gasteiger partial charge in [-0.05, 0) is 83.4 Å². The highest BCUT2D eigenvalue weighted by atomic mass is 16.3. The fourth-order valence-electron chi connectivity index (χ4n) is 11.9. The molecule has 0 aliphatic carbocycles. The average molecular weight is 987 g/mol. The summed E-state index contributed by atoms with van der Waals surface area (Å²) in [6.07, 6.45) is 0. The van der Waals surface area contributed by atoms with Crippen LogP contribution in [-0.4, -0.2) is 19.5 Å². The van der Waals surface area contributed by atoms with Crippen LogP contribution in [0.1, 0.15) is 0 Å². The molecule has 0 saturated carbocycles. The van der Waals surface area contributed by atoms with Gasteiger partial charge in [-0.2, -0.15) is 9.97 Å². The summed E-state index contributed by atoms with van der Waals surface area (Å²) in [5, 5.41) is 10.6. The number of hydrogen-bond acceptors (Lipinski definition) is 7. The summed E-state index contributed by atoms with van der Waals surface area (Å²) >= 11 is 0. The van der Waals surface area contributed by atoms with Crippen molar-refractivity contribution in [2.75, 3.05) is 0 Å². The van der Waals surface area contributed by atoms with E-state index in [9.17, 15) is 0 Å². The van der Waals surface area contributed by atoms with Gasteiger partial charge in [0, 0.05) is 81.7 Å². The van der Waals surface area contributed by atoms with Gasteiger partial charge < -0.3 is 17.7 Å². The van der Waals surface area contributed by atoms with Gasteiger partial charge in [-0.1, -0.05) is 164 Å². The van der Waals surface area contributed by atoms with Crippen molar-refractivity contribution in [3.63, 3.8) is 0 Å². The number of hydrogen-bond donors (Lipinski definition) is 0. The Labute approximate surface area is 437 Å². The Hall–Kier alpha value is -10.6. The molecule has 0 aliphatic heterocycles. The van der Waals surface area contributed by atoms with Crippen molar-refractivity contribution in [3.05, 3.63) is 231 Å². The van der Waals surface area contributed by atoms with E-state index in [-0.39, 0.29) is 0 Å².